The molecule has 0 saturated heterocycles. The monoisotopic (exact) mass is 167 g/mol. The summed E-state index contributed by atoms with van der Waals surface area (Å²) in [5.74, 6) is -0.514. The van der Waals surface area contributed by atoms with Crippen LogP contribution in [0.15, 0.2) is 0 Å². The van der Waals surface area contributed by atoms with Gasteiger partial charge in [0.15, 0.2) is 0 Å². The zero-order valence-corrected chi connectivity index (χ0v) is 6.32. The highest BCUT2D eigenvalue weighted by Crippen LogP contribution is 2.30. The van der Waals surface area contributed by atoms with E-state index in [1.807, 2.05) is 0 Å². The van der Waals surface area contributed by atoms with E-state index in [1.54, 1.807) is 0 Å². The molecular weight excluding hydrogens is 157 g/mol. The van der Waals surface area contributed by atoms with Crippen LogP contribution in [-0.4, -0.2) is 19.7 Å². The van der Waals surface area contributed by atoms with Gasteiger partial charge in [0.1, 0.15) is 0 Å². The van der Waals surface area contributed by atoms with E-state index in [9.17, 15) is 12.3 Å². The molecule has 1 aliphatic rings. The summed E-state index contributed by atoms with van der Waals surface area (Å²) in [6.45, 7) is 0. The van der Waals surface area contributed by atoms with Crippen LogP contribution in [0.3, 0.4) is 0 Å². The first kappa shape index (κ1) is 7.94. The summed E-state index contributed by atoms with van der Waals surface area (Å²) in [6, 6.07) is 0. The maximum atomic E-state index is 12.0. The lowest BCUT2D eigenvalue weighted by Gasteiger charge is -2.36. The van der Waals surface area contributed by atoms with Crippen molar-refractivity contribution in [3.05, 3.63) is 0 Å². The molecule has 60 valence electrons. The second-order valence-electron chi connectivity index (χ2n) is 2.90. The molecule has 0 aromatic rings. The third kappa shape index (κ3) is 1.91. The molecule has 0 atom stereocenters. The van der Waals surface area contributed by atoms with Crippen LogP contribution >= 0.6 is 0 Å². The van der Waals surface area contributed by atoms with Gasteiger partial charge in [-0.15, -0.1) is 3.89 Å². The number of rotatable bonds is 2. The van der Waals surface area contributed by atoms with Gasteiger partial charge in [0, 0.05) is 5.54 Å². The highest BCUT2D eigenvalue weighted by molar-refractivity contribution is 7.86. The molecule has 5 heteroatoms. The maximum absolute atomic E-state index is 12.0. The van der Waals surface area contributed by atoms with Crippen molar-refractivity contribution in [3.8, 4) is 0 Å². The Kier molecular flexibility index (Phi) is 1.72. The molecule has 0 heterocycles. The molecule has 2 N–H and O–H groups in total. The Labute approximate surface area is 59.6 Å². The molecule has 0 spiro atoms. The van der Waals surface area contributed by atoms with Gasteiger partial charge in [-0.2, -0.15) is 8.42 Å². The van der Waals surface area contributed by atoms with Crippen LogP contribution in [-0.2, 0) is 10.2 Å². The fourth-order valence-corrected chi connectivity index (χ4v) is 2.09. The predicted octanol–water partition coefficient (Wildman–Crippen LogP) is 0.167. The van der Waals surface area contributed by atoms with E-state index in [1.165, 1.54) is 0 Å². The second-order valence-corrected chi connectivity index (χ2v) is 4.27. The molecule has 0 amide bonds. The quantitative estimate of drug-likeness (QED) is 0.596. The highest BCUT2D eigenvalue weighted by Gasteiger charge is 2.37. The topological polar surface area (TPSA) is 60.2 Å². The predicted molar refractivity (Wildman–Crippen MR) is 35.7 cm³/mol. The Hall–Kier alpha value is -0.160. The molecule has 1 fully saturated rings. The van der Waals surface area contributed by atoms with Crippen molar-refractivity contribution in [2.24, 2.45) is 5.73 Å². The Bertz CT molecular complexity index is 220. The summed E-state index contributed by atoms with van der Waals surface area (Å²) < 4.78 is 32.2. The van der Waals surface area contributed by atoms with Crippen molar-refractivity contribution in [1.29, 1.82) is 0 Å². The van der Waals surface area contributed by atoms with E-state index in [2.05, 4.69) is 0 Å². The number of hydrogen-bond donors (Lipinski definition) is 1. The number of hydrogen-bond acceptors (Lipinski definition) is 3. The van der Waals surface area contributed by atoms with Crippen LogP contribution < -0.4 is 5.73 Å². The molecule has 1 saturated carbocycles. The third-order valence-electron chi connectivity index (χ3n) is 1.81. The van der Waals surface area contributed by atoms with Gasteiger partial charge in [-0.05, 0) is 19.3 Å². The minimum atomic E-state index is -4.37. The van der Waals surface area contributed by atoms with E-state index in [-0.39, 0.29) is 0 Å². The molecule has 1 rings (SSSR count). The SMILES string of the molecule is NC1(CS(=O)(=O)F)CCC1. The van der Waals surface area contributed by atoms with Crippen molar-refractivity contribution in [2.75, 3.05) is 5.75 Å². The minimum absolute atomic E-state index is 0.514. The van der Waals surface area contributed by atoms with E-state index < -0.39 is 21.5 Å². The molecule has 0 aliphatic heterocycles. The van der Waals surface area contributed by atoms with Crippen LogP contribution in [0, 0.1) is 0 Å². The summed E-state index contributed by atoms with van der Waals surface area (Å²) in [6.07, 6.45) is 2.15. The Morgan fingerprint density at radius 1 is 1.50 bits per heavy atom. The van der Waals surface area contributed by atoms with Crippen molar-refractivity contribution in [2.45, 2.75) is 24.8 Å². The van der Waals surface area contributed by atoms with Crippen LogP contribution in [0.2, 0.25) is 0 Å². The van der Waals surface area contributed by atoms with E-state index in [0.717, 1.165) is 6.42 Å². The summed E-state index contributed by atoms with van der Waals surface area (Å²) in [5, 5.41) is 0. The number of nitrogens with two attached hydrogens (primary N) is 1. The van der Waals surface area contributed by atoms with E-state index >= 15 is 0 Å². The first-order valence-corrected chi connectivity index (χ1v) is 4.68. The molecular formula is C5H10FNO2S. The average molecular weight is 167 g/mol. The molecule has 0 aromatic carbocycles. The standard InChI is InChI=1S/C5H10FNO2S/c6-10(8,9)4-5(7)2-1-3-5/h1-4,7H2. The average Bonchev–Trinajstić information content (AvgIpc) is 1.57. The Morgan fingerprint density at radius 2 is 2.00 bits per heavy atom. The lowest BCUT2D eigenvalue weighted by atomic mass is 9.79. The number of halogens is 1. The van der Waals surface area contributed by atoms with E-state index in [0.29, 0.717) is 12.8 Å². The largest absolute Gasteiger partial charge is 0.324 e. The Balaban J connectivity index is 2.53. The van der Waals surface area contributed by atoms with Crippen LogP contribution in [0.25, 0.3) is 0 Å². The summed E-state index contributed by atoms with van der Waals surface area (Å²) in [7, 11) is -4.37. The molecule has 0 unspecified atom stereocenters. The first-order chi connectivity index (χ1) is 4.41. The molecule has 1 aliphatic carbocycles. The van der Waals surface area contributed by atoms with Crippen LogP contribution in [0.1, 0.15) is 19.3 Å². The van der Waals surface area contributed by atoms with Crippen molar-refractivity contribution in [3.63, 3.8) is 0 Å². The fourth-order valence-electron chi connectivity index (χ4n) is 1.12. The highest BCUT2D eigenvalue weighted by atomic mass is 32.3. The van der Waals surface area contributed by atoms with Gasteiger partial charge >= 0.3 is 10.2 Å². The summed E-state index contributed by atoms with van der Waals surface area (Å²) in [4.78, 5) is 0. The zero-order valence-electron chi connectivity index (χ0n) is 5.51. The first-order valence-electron chi connectivity index (χ1n) is 3.13. The van der Waals surface area contributed by atoms with Gasteiger partial charge < -0.3 is 5.73 Å². The third-order valence-corrected chi connectivity index (χ3v) is 2.73. The van der Waals surface area contributed by atoms with Gasteiger partial charge in [-0.3, -0.25) is 0 Å². The lowest BCUT2D eigenvalue weighted by Crippen LogP contribution is -2.51. The van der Waals surface area contributed by atoms with Gasteiger partial charge in [-0.1, -0.05) is 0 Å². The maximum Gasteiger partial charge on any atom is 0.304 e. The normalized spacial score (nSPS) is 23.8. The molecule has 3 nitrogen and oxygen atoms in total. The minimum Gasteiger partial charge on any atom is -0.324 e. The summed E-state index contributed by atoms with van der Waals surface area (Å²) in [5.41, 5.74) is 4.71. The summed E-state index contributed by atoms with van der Waals surface area (Å²) >= 11 is 0. The molecule has 0 bridgehead atoms. The van der Waals surface area contributed by atoms with E-state index in [4.69, 9.17) is 5.73 Å². The molecule has 0 aromatic heterocycles. The van der Waals surface area contributed by atoms with Gasteiger partial charge in [0.25, 0.3) is 0 Å². The van der Waals surface area contributed by atoms with Crippen LogP contribution in [0.5, 0.6) is 0 Å². The van der Waals surface area contributed by atoms with Crippen LogP contribution in [0.4, 0.5) is 3.89 Å². The van der Waals surface area contributed by atoms with Gasteiger partial charge in [-0.25, -0.2) is 0 Å². The van der Waals surface area contributed by atoms with Gasteiger partial charge in [0.05, 0.1) is 5.75 Å². The lowest BCUT2D eigenvalue weighted by molar-refractivity contribution is 0.276. The molecule has 0 radical (unpaired) electrons. The molecule has 10 heavy (non-hydrogen) atoms. The van der Waals surface area contributed by atoms with Crippen molar-refractivity contribution in [1.82, 2.24) is 0 Å². The van der Waals surface area contributed by atoms with Crippen molar-refractivity contribution >= 4 is 10.2 Å². The zero-order chi connectivity index (χ0) is 7.83. The van der Waals surface area contributed by atoms with Gasteiger partial charge in [0.2, 0.25) is 0 Å². The Morgan fingerprint density at radius 3 is 2.10 bits per heavy atom. The fraction of sp³-hybridized carbons (Fsp3) is 1.00. The van der Waals surface area contributed by atoms with Crippen molar-refractivity contribution < 1.29 is 12.3 Å². The smallest absolute Gasteiger partial charge is 0.304 e. The second kappa shape index (κ2) is 2.17.